The molecule has 2 aromatic heterocycles. The molecule has 0 unspecified atom stereocenters. The number of amides is 1. The summed E-state index contributed by atoms with van der Waals surface area (Å²) in [5.74, 6) is 1.41. The number of carbonyl (C=O) groups is 1. The number of aromatic nitrogens is 2. The van der Waals surface area contributed by atoms with Gasteiger partial charge in [0.1, 0.15) is 0 Å². The zero-order valence-electron chi connectivity index (χ0n) is 19.9. The van der Waals surface area contributed by atoms with Crippen LogP contribution in [0.25, 0.3) is 17.0 Å². The minimum atomic E-state index is 0.0738. The topological polar surface area (TPSA) is 52.2 Å². The van der Waals surface area contributed by atoms with Gasteiger partial charge in [-0.25, -0.2) is 0 Å². The zero-order valence-corrected chi connectivity index (χ0v) is 21.4. The van der Waals surface area contributed by atoms with Crippen LogP contribution in [0, 0.1) is 5.92 Å². The van der Waals surface area contributed by atoms with Gasteiger partial charge in [-0.05, 0) is 99.0 Å². The largest absolute Gasteiger partial charge is 0.360 e. The van der Waals surface area contributed by atoms with Crippen LogP contribution in [0.15, 0.2) is 48.9 Å². The predicted molar refractivity (Wildman–Crippen MR) is 144 cm³/mol. The highest BCUT2D eigenvalue weighted by atomic mass is 35.5. The Kier molecular flexibility index (Phi) is 7.76. The van der Waals surface area contributed by atoms with E-state index in [2.05, 4.69) is 27.1 Å². The first-order valence-electron chi connectivity index (χ1n) is 12.6. The Hall–Kier alpha value is -2.34. The number of H-pyrrole nitrogens is 1. The van der Waals surface area contributed by atoms with E-state index in [9.17, 15) is 4.79 Å². The summed E-state index contributed by atoms with van der Waals surface area (Å²) in [6, 6.07) is 7.53. The molecule has 35 heavy (non-hydrogen) atoms. The van der Waals surface area contributed by atoms with Gasteiger partial charge in [-0.1, -0.05) is 29.3 Å². The molecule has 4 heterocycles. The first-order valence-corrected chi connectivity index (χ1v) is 13.4. The van der Waals surface area contributed by atoms with Gasteiger partial charge in [-0.15, -0.1) is 0 Å². The molecule has 0 atom stereocenters. The Balaban J connectivity index is 1.03. The molecule has 1 amide bonds. The fourth-order valence-corrected chi connectivity index (χ4v) is 5.80. The smallest absolute Gasteiger partial charge is 0.246 e. The monoisotopic (exact) mass is 510 g/mol. The molecule has 0 aliphatic carbocycles. The molecule has 1 aromatic carbocycles. The Morgan fingerprint density at radius 2 is 1.86 bits per heavy atom. The second-order valence-corrected chi connectivity index (χ2v) is 10.7. The molecule has 5 rings (SSSR count). The van der Waals surface area contributed by atoms with E-state index in [1.807, 2.05) is 29.4 Å². The van der Waals surface area contributed by atoms with E-state index in [1.54, 1.807) is 18.2 Å². The van der Waals surface area contributed by atoms with Crippen molar-refractivity contribution in [3.8, 4) is 0 Å². The predicted octanol–water partition coefficient (Wildman–Crippen LogP) is 6.39. The molecule has 184 valence electrons. The summed E-state index contributed by atoms with van der Waals surface area (Å²) in [7, 11) is 0. The lowest BCUT2D eigenvalue weighted by Gasteiger charge is -2.35. The van der Waals surface area contributed by atoms with Crippen LogP contribution in [0.1, 0.15) is 49.1 Å². The second kappa shape index (κ2) is 11.2. The number of aromatic amines is 1. The number of likely N-dealkylation sites (tertiary alicyclic amines) is 2. The molecular formula is C28H32Cl2N4O. The van der Waals surface area contributed by atoms with E-state index in [0.29, 0.717) is 21.9 Å². The summed E-state index contributed by atoms with van der Waals surface area (Å²) in [6.45, 7) is 5.18. The number of fused-ring (bicyclic) bond motifs is 1. The first-order chi connectivity index (χ1) is 17.1. The lowest BCUT2D eigenvalue weighted by molar-refractivity contribution is -0.127. The number of rotatable bonds is 6. The highest BCUT2D eigenvalue weighted by molar-refractivity contribution is 6.42. The fourth-order valence-electron chi connectivity index (χ4n) is 5.50. The number of halogens is 2. The van der Waals surface area contributed by atoms with Crippen molar-refractivity contribution in [1.82, 2.24) is 19.8 Å². The van der Waals surface area contributed by atoms with Crippen LogP contribution in [-0.2, 0) is 4.79 Å². The van der Waals surface area contributed by atoms with Gasteiger partial charge in [0.05, 0.1) is 21.8 Å². The maximum Gasteiger partial charge on any atom is 0.246 e. The van der Waals surface area contributed by atoms with Gasteiger partial charge in [-0.3, -0.25) is 9.78 Å². The second-order valence-electron chi connectivity index (χ2n) is 9.85. The van der Waals surface area contributed by atoms with Crippen LogP contribution in [0.2, 0.25) is 10.0 Å². The van der Waals surface area contributed by atoms with Crippen LogP contribution >= 0.6 is 23.2 Å². The third-order valence-electron chi connectivity index (χ3n) is 7.68. The van der Waals surface area contributed by atoms with Crippen molar-refractivity contribution in [2.75, 3.05) is 32.7 Å². The zero-order chi connectivity index (χ0) is 24.2. The van der Waals surface area contributed by atoms with Crippen LogP contribution in [0.5, 0.6) is 0 Å². The summed E-state index contributed by atoms with van der Waals surface area (Å²) >= 11 is 12.0. The molecule has 1 N–H and O–H groups in total. The maximum atomic E-state index is 12.6. The molecule has 0 bridgehead atoms. The average molecular weight is 511 g/mol. The van der Waals surface area contributed by atoms with Gasteiger partial charge in [0, 0.05) is 36.9 Å². The van der Waals surface area contributed by atoms with Crippen LogP contribution < -0.4 is 0 Å². The van der Waals surface area contributed by atoms with E-state index < -0.39 is 0 Å². The van der Waals surface area contributed by atoms with Gasteiger partial charge < -0.3 is 14.8 Å². The average Bonchev–Trinajstić information content (AvgIpc) is 3.33. The first kappa shape index (κ1) is 24.4. The molecule has 2 aliphatic heterocycles. The van der Waals surface area contributed by atoms with E-state index in [4.69, 9.17) is 23.2 Å². The van der Waals surface area contributed by atoms with Crippen LogP contribution in [0.4, 0.5) is 0 Å². The molecular weight excluding hydrogens is 479 g/mol. The Bertz CT molecular complexity index is 1190. The van der Waals surface area contributed by atoms with E-state index in [-0.39, 0.29) is 5.91 Å². The molecule has 0 radical (unpaired) electrons. The molecule has 7 heteroatoms. The van der Waals surface area contributed by atoms with Gasteiger partial charge in [0.2, 0.25) is 5.91 Å². The highest BCUT2D eigenvalue weighted by Gasteiger charge is 2.25. The number of nitrogens with zero attached hydrogens (tertiary/aromatic N) is 3. The minimum absolute atomic E-state index is 0.0738. The molecule has 0 spiro atoms. The van der Waals surface area contributed by atoms with Crippen molar-refractivity contribution in [3.63, 3.8) is 0 Å². The number of piperidine rings is 2. The summed E-state index contributed by atoms with van der Waals surface area (Å²) in [5, 5.41) is 2.35. The van der Waals surface area contributed by atoms with Crippen LogP contribution in [-0.4, -0.2) is 58.4 Å². The van der Waals surface area contributed by atoms with Gasteiger partial charge >= 0.3 is 0 Å². The van der Waals surface area contributed by atoms with Crippen molar-refractivity contribution in [3.05, 3.63) is 70.1 Å². The number of nitrogens with one attached hydrogen (secondary N) is 1. The Morgan fingerprint density at radius 1 is 1.06 bits per heavy atom. The molecule has 2 fully saturated rings. The number of hydrogen-bond acceptors (Lipinski definition) is 3. The van der Waals surface area contributed by atoms with Gasteiger partial charge in [0.25, 0.3) is 0 Å². The fraction of sp³-hybridized carbons (Fsp3) is 0.429. The lowest BCUT2D eigenvalue weighted by atomic mass is 9.88. The molecule has 2 aliphatic rings. The molecule has 0 saturated carbocycles. The van der Waals surface area contributed by atoms with Crippen molar-refractivity contribution in [1.29, 1.82) is 0 Å². The van der Waals surface area contributed by atoms with Crippen molar-refractivity contribution in [2.24, 2.45) is 5.92 Å². The lowest BCUT2D eigenvalue weighted by Crippen LogP contribution is -2.39. The summed E-state index contributed by atoms with van der Waals surface area (Å²) in [4.78, 5) is 24.8. The Morgan fingerprint density at radius 3 is 2.63 bits per heavy atom. The summed E-state index contributed by atoms with van der Waals surface area (Å²) < 4.78 is 0. The van der Waals surface area contributed by atoms with E-state index in [0.717, 1.165) is 37.0 Å². The Labute approximate surface area is 217 Å². The number of carbonyl (C=O) groups excluding carboxylic acids is 1. The van der Waals surface area contributed by atoms with Gasteiger partial charge in [0.15, 0.2) is 0 Å². The SMILES string of the molecule is O=C(/C=C/c1ccc(Cl)c(Cl)c1)N1CCC(CCN2CCC(c3c[nH]c4cnccc34)CC2)CC1. The van der Waals surface area contributed by atoms with E-state index >= 15 is 0 Å². The molecule has 3 aromatic rings. The highest BCUT2D eigenvalue weighted by Crippen LogP contribution is 2.33. The van der Waals surface area contributed by atoms with E-state index in [1.165, 1.54) is 49.8 Å². The van der Waals surface area contributed by atoms with Crippen LogP contribution in [0.3, 0.4) is 0 Å². The van der Waals surface area contributed by atoms with Crippen molar-refractivity contribution >= 4 is 46.1 Å². The normalized spacial score (nSPS) is 18.6. The molecule has 2 saturated heterocycles. The van der Waals surface area contributed by atoms with Gasteiger partial charge in [-0.2, -0.15) is 0 Å². The van der Waals surface area contributed by atoms with Crippen molar-refractivity contribution in [2.45, 2.75) is 38.0 Å². The third-order valence-corrected chi connectivity index (χ3v) is 8.42. The summed E-state index contributed by atoms with van der Waals surface area (Å²) in [6.07, 6.45) is 15.3. The third kappa shape index (κ3) is 5.91. The van der Waals surface area contributed by atoms with Crippen molar-refractivity contribution < 1.29 is 4.79 Å². The number of benzene rings is 1. The summed E-state index contributed by atoms with van der Waals surface area (Å²) in [5.41, 5.74) is 3.47. The maximum absolute atomic E-state index is 12.6. The minimum Gasteiger partial charge on any atom is -0.360 e. The standard InChI is InChI=1S/C28H32Cl2N4O/c29-25-3-1-21(17-26(25)30)2-4-28(35)34-15-7-20(8-16-34)6-12-33-13-9-22(10-14-33)24-18-32-27-19-31-11-5-23(24)27/h1-5,11,17-20,22,32H,6-10,12-16H2/b4-2+. The number of hydrogen-bond donors (Lipinski definition) is 1. The number of pyridine rings is 1. The molecule has 5 nitrogen and oxygen atoms in total. The quantitative estimate of drug-likeness (QED) is 0.390.